The molecule has 0 saturated carbocycles. The Bertz CT molecular complexity index is 862. The maximum Gasteiger partial charge on any atom is 0.471 e. The number of halogens is 3. The van der Waals surface area contributed by atoms with Crippen molar-refractivity contribution in [2.75, 3.05) is 6.16 Å². The third-order valence-corrected chi connectivity index (χ3v) is 7.11. The van der Waals surface area contributed by atoms with Crippen LogP contribution in [-0.4, -0.2) is 24.3 Å². The number of benzene rings is 3. The van der Waals surface area contributed by atoms with Gasteiger partial charge in [-0.25, -0.2) is 0 Å². The van der Waals surface area contributed by atoms with Gasteiger partial charge in [-0.1, -0.05) is 91.0 Å². The fourth-order valence-corrected chi connectivity index (χ4v) is 5.57. The van der Waals surface area contributed by atoms with Crippen molar-refractivity contribution in [3.63, 3.8) is 0 Å². The van der Waals surface area contributed by atoms with Crippen molar-refractivity contribution < 1.29 is 18.0 Å². The van der Waals surface area contributed by atoms with Crippen LogP contribution in [0.1, 0.15) is 5.56 Å². The number of carbonyl (C=O) groups excluding carboxylic acids is 1. The molecule has 0 aromatic heterocycles. The van der Waals surface area contributed by atoms with Crippen molar-refractivity contribution in [2.24, 2.45) is 0 Å². The second kappa shape index (κ2) is 9.71. The molecule has 0 heterocycles. The lowest BCUT2D eigenvalue weighted by atomic mass is 10.1. The molecule has 1 N–H and O–H groups in total. The summed E-state index contributed by atoms with van der Waals surface area (Å²) in [5.41, 5.74) is 0.885. The molecular formula is C23H21F3NOP. The van der Waals surface area contributed by atoms with Crippen LogP contribution in [0.15, 0.2) is 91.0 Å². The molecule has 0 aliphatic rings. The van der Waals surface area contributed by atoms with Crippen LogP contribution in [0, 0.1) is 0 Å². The Morgan fingerprint density at radius 3 is 1.69 bits per heavy atom. The van der Waals surface area contributed by atoms with Crippen molar-refractivity contribution in [1.29, 1.82) is 0 Å². The highest BCUT2D eigenvalue weighted by molar-refractivity contribution is 7.73. The van der Waals surface area contributed by atoms with E-state index >= 15 is 0 Å². The van der Waals surface area contributed by atoms with Gasteiger partial charge in [-0.3, -0.25) is 4.79 Å². The molecular weight excluding hydrogens is 394 g/mol. The predicted molar refractivity (Wildman–Crippen MR) is 112 cm³/mol. The second-order valence-corrected chi connectivity index (χ2v) is 8.89. The van der Waals surface area contributed by atoms with Crippen LogP contribution in [0.2, 0.25) is 0 Å². The number of amides is 1. The summed E-state index contributed by atoms with van der Waals surface area (Å²) in [7, 11) is -0.935. The lowest BCUT2D eigenvalue weighted by Crippen LogP contribution is -2.46. The van der Waals surface area contributed by atoms with E-state index in [-0.39, 0.29) is 0 Å². The number of carbonyl (C=O) groups is 1. The smallest absolute Gasteiger partial charge is 0.345 e. The van der Waals surface area contributed by atoms with Gasteiger partial charge in [0.25, 0.3) is 0 Å². The van der Waals surface area contributed by atoms with Crippen LogP contribution in [0.3, 0.4) is 0 Å². The minimum Gasteiger partial charge on any atom is -0.345 e. The molecule has 0 saturated heterocycles. The van der Waals surface area contributed by atoms with E-state index in [1.807, 2.05) is 91.0 Å². The first-order valence-electron chi connectivity index (χ1n) is 9.23. The normalized spacial score (nSPS) is 12.6. The average Bonchev–Trinajstić information content (AvgIpc) is 2.73. The standard InChI is InChI=1S/C23H21F3NOP/c24-23(25,26)22(28)27-19(16-18-10-4-1-5-11-18)17-29(20-12-6-2-7-13-20)21-14-8-3-9-15-21/h1-15,19H,16-17H2,(H,27,28)/t19-/m0/s1. The molecule has 6 heteroatoms. The number of rotatable bonds is 7. The molecule has 0 bridgehead atoms. The van der Waals surface area contributed by atoms with Crippen molar-refractivity contribution in [1.82, 2.24) is 5.32 Å². The molecule has 0 radical (unpaired) electrons. The zero-order valence-corrected chi connectivity index (χ0v) is 16.5. The van der Waals surface area contributed by atoms with E-state index < -0.39 is 26.0 Å². The minimum absolute atomic E-state index is 0.334. The van der Waals surface area contributed by atoms with Crippen LogP contribution in [0.25, 0.3) is 0 Å². The molecule has 0 spiro atoms. The van der Waals surface area contributed by atoms with Gasteiger partial charge in [0.05, 0.1) is 0 Å². The largest absolute Gasteiger partial charge is 0.471 e. The minimum atomic E-state index is -4.91. The van der Waals surface area contributed by atoms with Gasteiger partial charge in [0.2, 0.25) is 0 Å². The Kier molecular flexibility index (Phi) is 7.05. The van der Waals surface area contributed by atoms with E-state index in [9.17, 15) is 18.0 Å². The number of hydrogen-bond acceptors (Lipinski definition) is 1. The SMILES string of the molecule is O=C(N[C@@H](Cc1ccccc1)CP(c1ccccc1)c1ccccc1)C(F)(F)F. The quantitative estimate of drug-likeness (QED) is 0.569. The fraction of sp³-hybridized carbons (Fsp3) is 0.174. The molecule has 150 valence electrons. The van der Waals surface area contributed by atoms with Crippen molar-refractivity contribution in [3.8, 4) is 0 Å². The van der Waals surface area contributed by atoms with E-state index in [1.165, 1.54) is 0 Å². The molecule has 0 aliphatic carbocycles. The van der Waals surface area contributed by atoms with E-state index in [1.54, 1.807) is 0 Å². The van der Waals surface area contributed by atoms with E-state index in [4.69, 9.17) is 0 Å². The lowest BCUT2D eigenvalue weighted by molar-refractivity contribution is -0.174. The lowest BCUT2D eigenvalue weighted by Gasteiger charge is -2.26. The van der Waals surface area contributed by atoms with Crippen molar-refractivity contribution in [2.45, 2.75) is 18.6 Å². The molecule has 3 aromatic rings. The summed E-state index contributed by atoms with van der Waals surface area (Å²) >= 11 is 0. The van der Waals surface area contributed by atoms with Gasteiger partial charge in [-0.05, 0) is 36.7 Å². The highest BCUT2D eigenvalue weighted by Crippen LogP contribution is 2.35. The van der Waals surface area contributed by atoms with Crippen LogP contribution in [0.5, 0.6) is 0 Å². The molecule has 29 heavy (non-hydrogen) atoms. The first-order chi connectivity index (χ1) is 13.9. The maximum atomic E-state index is 12.9. The monoisotopic (exact) mass is 415 g/mol. The molecule has 0 fully saturated rings. The first-order valence-corrected chi connectivity index (χ1v) is 10.8. The summed E-state index contributed by atoms with van der Waals surface area (Å²) in [5.74, 6) is -1.89. The molecule has 3 rings (SSSR count). The van der Waals surface area contributed by atoms with Gasteiger partial charge in [0.15, 0.2) is 0 Å². The zero-order valence-electron chi connectivity index (χ0n) is 15.6. The predicted octanol–water partition coefficient (Wildman–Crippen LogP) is 4.41. The topological polar surface area (TPSA) is 29.1 Å². The highest BCUT2D eigenvalue weighted by Gasteiger charge is 2.40. The summed E-state index contributed by atoms with van der Waals surface area (Å²) in [6.45, 7) is 0. The zero-order chi connectivity index (χ0) is 20.7. The Hall–Kier alpha value is -2.65. The van der Waals surface area contributed by atoms with Crippen LogP contribution >= 0.6 is 7.92 Å². The fourth-order valence-electron chi connectivity index (χ4n) is 3.12. The molecule has 2 nitrogen and oxygen atoms in total. The second-order valence-electron chi connectivity index (χ2n) is 6.64. The van der Waals surface area contributed by atoms with Gasteiger partial charge in [-0.2, -0.15) is 13.2 Å². The summed E-state index contributed by atoms with van der Waals surface area (Å²) in [6.07, 6.45) is -4.15. The third kappa shape index (κ3) is 6.16. The molecule has 1 atom stereocenters. The molecule has 0 unspecified atom stereocenters. The first kappa shape index (κ1) is 21.1. The molecule has 3 aromatic carbocycles. The van der Waals surface area contributed by atoms with Crippen molar-refractivity contribution in [3.05, 3.63) is 96.6 Å². The number of hydrogen-bond donors (Lipinski definition) is 1. The van der Waals surface area contributed by atoms with Crippen LogP contribution < -0.4 is 15.9 Å². The molecule has 0 aliphatic heterocycles. The van der Waals surface area contributed by atoms with Gasteiger partial charge in [-0.15, -0.1) is 0 Å². The Morgan fingerprint density at radius 2 is 1.24 bits per heavy atom. The third-order valence-electron chi connectivity index (χ3n) is 4.46. The van der Waals surface area contributed by atoms with Gasteiger partial charge in [0, 0.05) is 6.04 Å². The van der Waals surface area contributed by atoms with E-state index in [2.05, 4.69) is 5.32 Å². The summed E-state index contributed by atoms with van der Waals surface area (Å²) < 4.78 is 38.8. The van der Waals surface area contributed by atoms with Crippen LogP contribution in [0.4, 0.5) is 13.2 Å². The number of alkyl halides is 3. The summed E-state index contributed by atoms with van der Waals surface area (Å²) in [4.78, 5) is 11.7. The molecule has 1 amide bonds. The summed E-state index contributed by atoms with van der Waals surface area (Å²) in [5, 5.41) is 4.35. The Balaban J connectivity index is 1.90. The maximum absolute atomic E-state index is 12.9. The van der Waals surface area contributed by atoms with Crippen LogP contribution in [-0.2, 0) is 11.2 Å². The Labute approximate surface area is 169 Å². The van der Waals surface area contributed by atoms with E-state index in [0.717, 1.165) is 16.2 Å². The van der Waals surface area contributed by atoms with Gasteiger partial charge in [0.1, 0.15) is 0 Å². The highest BCUT2D eigenvalue weighted by atomic mass is 31.1. The number of nitrogens with one attached hydrogen (secondary N) is 1. The van der Waals surface area contributed by atoms with Crippen molar-refractivity contribution >= 4 is 24.4 Å². The van der Waals surface area contributed by atoms with Gasteiger partial charge >= 0.3 is 12.1 Å². The summed E-state index contributed by atoms with van der Waals surface area (Å²) in [6, 6.07) is 28.1. The van der Waals surface area contributed by atoms with Gasteiger partial charge < -0.3 is 5.32 Å². The average molecular weight is 415 g/mol. The van der Waals surface area contributed by atoms with E-state index in [0.29, 0.717) is 12.6 Å². The Morgan fingerprint density at radius 1 is 0.793 bits per heavy atom.